The third-order valence-corrected chi connectivity index (χ3v) is 5.32. The Morgan fingerprint density at radius 2 is 1.81 bits per heavy atom. The number of ether oxygens (including phenoxy) is 2. The number of nitrogens with one attached hydrogen (secondary N) is 2. The van der Waals surface area contributed by atoms with E-state index in [0.717, 1.165) is 0 Å². The molecule has 2 aliphatic rings. The Morgan fingerprint density at radius 1 is 1.09 bits per heavy atom. The second-order valence-electron chi connectivity index (χ2n) is 7.35. The van der Waals surface area contributed by atoms with Crippen molar-refractivity contribution >= 4 is 29.2 Å². The molecule has 166 valence electrons. The molecule has 0 radical (unpaired) electrons. The number of amides is 2. The summed E-state index contributed by atoms with van der Waals surface area (Å²) in [5.74, 6) is -2.48. The van der Waals surface area contributed by atoms with E-state index in [1.807, 2.05) is 0 Å². The van der Waals surface area contributed by atoms with Gasteiger partial charge in [0, 0.05) is 11.6 Å². The molecule has 0 fully saturated rings. The van der Waals surface area contributed by atoms with Gasteiger partial charge in [0.05, 0.1) is 29.5 Å². The maximum Gasteiger partial charge on any atom is 0.307 e. The van der Waals surface area contributed by atoms with Crippen molar-refractivity contribution < 1.29 is 33.4 Å². The number of carboxylic acid groups (broad SMARTS) is 1. The molecule has 0 unspecified atom stereocenters. The van der Waals surface area contributed by atoms with Gasteiger partial charge in [0.25, 0.3) is 0 Å². The lowest BCUT2D eigenvalue weighted by Gasteiger charge is -2.24. The zero-order valence-corrected chi connectivity index (χ0v) is 17.2. The molecule has 2 aromatic rings. The normalized spacial score (nSPS) is 19.5. The first kappa shape index (κ1) is 21.2. The van der Waals surface area contributed by atoms with Crippen molar-refractivity contribution in [2.45, 2.75) is 19.8 Å². The fourth-order valence-corrected chi connectivity index (χ4v) is 3.60. The van der Waals surface area contributed by atoms with Crippen LogP contribution in [0.5, 0.6) is 11.5 Å². The Balaban J connectivity index is 1.59. The van der Waals surface area contributed by atoms with Crippen LogP contribution in [0.1, 0.15) is 35.9 Å². The molecule has 32 heavy (non-hydrogen) atoms. The van der Waals surface area contributed by atoms with Crippen LogP contribution in [0, 0.1) is 11.8 Å². The number of carbonyl (C=O) groups excluding carboxylic acids is 2. The first-order valence-electron chi connectivity index (χ1n) is 9.95. The lowest BCUT2D eigenvalue weighted by molar-refractivity contribution is -0.146. The van der Waals surface area contributed by atoms with Crippen LogP contribution in [0.2, 0.25) is 0 Å². The molecule has 2 heterocycles. The van der Waals surface area contributed by atoms with Crippen molar-refractivity contribution in [3.63, 3.8) is 0 Å². The Morgan fingerprint density at radius 3 is 2.50 bits per heavy atom. The number of carboxylic acids is 1. The van der Waals surface area contributed by atoms with E-state index >= 15 is 0 Å². The van der Waals surface area contributed by atoms with Gasteiger partial charge in [-0.1, -0.05) is 12.2 Å². The maximum absolute atomic E-state index is 13.0. The number of aliphatic carboxylic acids is 1. The monoisotopic (exact) mass is 439 g/mol. The lowest BCUT2D eigenvalue weighted by atomic mass is 9.82. The number of hydrogen-bond donors (Lipinski definition) is 3. The summed E-state index contributed by atoms with van der Waals surface area (Å²) in [5, 5.41) is 16.4. The average Bonchev–Trinajstić information content (AvgIpc) is 3.48. The first-order valence-corrected chi connectivity index (χ1v) is 9.95. The summed E-state index contributed by atoms with van der Waals surface area (Å²) in [6.45, 7) is 1.69. The van der Waals surface area contributed by atoms with Gasteiger partial charge >= 0.3 is 11.9 Å². The standard InChI is InChI=1S/C22H21N3O7/c1-12(24-25-21(27)17-7-4-8-30-17)15-9-18-19(32-11-31-18)10-16(15)23-20(26)13-5-2-3-6-14(13)22(28)29/h2-4,7-10,13-14H,5-6,11H2,1H3,(H,23,26)(H,25,27)(H,28,29)/b24-12-/t13-,14-/m1/s1. The maximum atomic E-state index is 13.0. The van der Waals surface area contributed by atoms with E-state index < -0.39 is 29.6 Å². The molecule has 3 N–H and O–H groups in total. The van der Waals surface area contributed by atoms with Gasteiger partial charge < -0.3 is 24.3 Å². The summed E-state index contributed by atoms with van der Waals surface area (Å²) in [6.07, 6.45) is 5.58. The number of carbonyl (C=O) groups is 3. The van der Waals surface area contributed by atoms with E-state index in [1.54, 1.807) is 37.3 Å². The van der Waals surface area contributed by atoms with Crippen molar-refractivity contribution in [3.05, 3.63) is 54.0 Å². The van der Waals surface area contributed by atoms with Crippen LogP contribution in [0.3, 0.4) is 0 Å². The van der Waals surface area contributed by atoms with Crippen molar-refractivity contribution in [3.8, 4) is 11.5 Å². The zero-order chi connectivity index (χ0) is 22.7. The van der Waals surface area contributed by atoms with Crippen LogP contribution in [0.25, 0.3) is 0 Å². The first-order chi connectivity index (χ1) is 15.4. The predicted octanol–water partition coefficient (Wildman–Crippen LogP) is 2.77. The molecular formula is C22H21N3O7. The quantitative estimate of drug-likeness (QED) is 0.357. The molecular weight excluding hydrogens is 418 g/mol. The van der Waals surface area contributed by atoms with Gasteiger partial charge in [0.2, 0.25) is 12.7 Å². The Kier molecular flexibility index (Phi) is 5.93. The summed E-state index contributed by atoms with van der Waals surface area (Å²) in [5.41, 5.74) is 3.64. The predicted molar refractivity (Wildman–Crippen MR) is 113 cm³/mol. The molecule has 1 aliphatic carbocycles. The number of allylic oxidation sites excluding steroid dienone is 2. The molecule has 4 rings (SSSR count). The van der Waals surface area contributed by atoms with Crippen LogP contribution in [0.15, 0.2) is 52.2 Å². The Hall–Kier alpha value is -4.08. The molecule has 2 atom stereocenters. The molecule has 0 saturated heterocycles. The van der Waals surface area contributed by atoms with Gasteiger partial charge in [-0.25, -0.2) is 5.43 Å². The van der Waals surface area contributed by atoms with E-state index in [2.05, 4.69) is 15.8 Å². The zero-order valence-electron chi connectivity index (χ0n) is 17.2. The number of benzene rings is 1. The topological polar surface area (TPSA) is 139 Å². The Bertz CT molecular complexity index is 1100. The van der Waals surface area contributed by atoms with Crippen LogP contribution >= 0.6 is 0 Å². The van der Waals surface area contributed by atoms with Gasteiger partial charge in [-0.2, -0.15) is 5.10 Å². The van der Waals surface area contributed by atoms with Crippen molar-refractivity contribution in [1.82, 2.24) is 5.43 Å². The van der Waals surface area contributed by atoms with Gasteiger partial charge in [0.15, 0.2) is 17.3 Å². The highest BCUT2D eigenvalue weighted by molar-refractivity contribution is 6.08. The number of anilines is 1. The fraction of sp³-hybridized carbons (Fsp3) is 0.273. The summed E-state index contributed by atoms with van der Waals surface area (Å²) in [4.78, 5) is 36.7. The molecule has 0 saturated carbocycles. The largest absolute Gasteiger partial charge is 0.481 e. The molecule has 10 heteroatoms. The second-order valence-corrected chi connectivity index (χ2v) is 7.35. The molecule has 1 aromatic heterocycles. The number of furan rings is 1. The molecule has 0 spiro atoms. The minimum absolute atomic E-state index is 0.0338. The minimum atomic E-state index is -1.02. The molecule has 10 nitrogen and oxygen atoms in total. The number of fused-ring (bicyclic) bond motifs is 1. The van der Waals surface area contributed by atoms with Crippen LogP contribution in [0.4, 0.5) is 5.69 Å². The lowest BCUT2D eigenvalue weighted by Crippen LogP contribution is -2.35. The second kappa shape index (κ2) is 8.96. The third kappa shape index (κ3) is 4.34. The van der Waals surface area contributed by atoms with Gasteiger partial charge in [0.1, 0.15) is 0 Å². The van der Waals surface area contributed by atoms with Crippen LogP contribution < -0.4 is 20.2 Å². The smallest absolute Gasteiger partial charge is 0.307 e. The SMILES string of the molecule is C/C(=N/NC(=O)c1ccco1)c1cc2c(cc1NC(=O)[C@@H]1CC=CC[C@H]1C(=O)O)OCO2. The highest BCUT2D eigenvalue weighted by Gasteiger charge is 2.34. The van der Waals surface area contributed by atoms with Crippen LogP contribution in [-0.2, 0) is 9.59 Å². The summed E-state index contributed by atoms with van der Waals surface area (Å²) < 4.78 is 15.9. The number of nitrogens with zero attached hydrogens (tertiary/aromatic N) is 1. The summed E-state index contributed by atoms with van der Waals surface area (Å²) in [6, 6.07) is 6.33. The fourth-order valence-electron chi connectivity index (χ4n) is 3.60. The molecule has 1 aliphatic heterocycles. The van der Waals surface area contributed by atoms with E-state index in [4.69, 9.17) is 13.9 Å². The van der Waals surface area contributed by atoms with Gasteiger partial charge in [-0.05, 0) is 38.0 Å². The minimum Gasteiger partial charge on any atom is -0.481 e. The number of hydrogen-bond acceptors (Lipinski definition) is 7. The molecule has 0 bridgehead atoms. The van der Waals surface area contributed by atoms with Gasteiger partial charge in [-0.3, -0.25) is 14.4 Å². The molecule has 1 aromatic carbocycles. The van der Waals surface area contributed by atoms with E-state index in [0.29, 0.717) is 41.3 Å². The van der Waals surface area contributed by atoms with Crippen molar-refractivity contribution in [1.29, 1.82) is 0 Å². The van der Waals surface area contributed by atoms with E-state index in [1.165, 1.54) is 12.3 Å². The average molecular weight is 439 g/mol. The third-order valence-electron chi connectivity index (χ3n) is 5.32. The highest BCUT2D eigenvalue weighted by Crippen LogP contribution is 2.38. The Labute approximate surface area is 182 Å². The van der Waals surface area contributed by atoms with Crippen molar-refractivity contribution in [2.24, 2.45) is 16.9 Å². The van der Waals surface area contributed by atoms with Crippen molar-refractivity contribution in [2.75, 3.05) is 12.1 Å². The number of rotatable bonds is 6. The van der Waals surface area contributed by atoms with E-state index in [9.17, 15) is 19.5 Å². The summed E-state index contributed by atoms with van der Waals surface area (Å²) in [7, 11) is 0. The van der Waals surface area contributed by atoms with Gasteiger partial charge in [-0.15, -0.1) is 0 Å². The van der Waals surface area contributed by atoms with Crippen LogP contribution in [-0.4, -0.2) is 35.4 Å². The van der Waals surface area contributed by atoms with E-state index in [-0.39, 0.29) is 12.6 Å². The summed E-state index contributed by atoms with van der Waals surface area (Å²) >= 11 is 0. The highest BCUT2D eigenvalue weighted by atomic mass is 16.7. The number of hydrazone groups is 1. The molecule has 2 amide bonds.